The third kappa shape index (κ3) is 21.5. The van der Waals surface area contributed by atoms with Gasteiger partial charge in [0.15, 0.2) is 0 Å². The van der Waals surface area contributed by atoms with Gasteiger partial charge in [-0.05, 0) is 171 Å². The molecule has 396 valence electrons. The molecule has 0 N–H and O–H groups in total. The van der Waals surface area contributed by atoms with Crippen LogP contribution in [0.3, 0.4) is 0 Å². The van der Waals surface area contributed by atoms with Crippen molar-refractivity contribution in [1.29, 1.82) is 0 Å². The number of aliphatic imine (C=N–C) groups is 3. The van der Waals surface area contributed by atoms with Gasteiger partial charge in [-0.3, -0.25) is 15.0 Å². The van der Waals surface area contributed by atoms with Crippen molar-refractivity contribution in [3.63, 3.8) is 0 Å². The lowest BCUT2D eigenvalue weighted by atomic mass is 10.2. The maximum absolute atomic E-state index is 6.15. The highest BCUT2D eigenvalue weighted by molar-refractivity contribution is 6.61. The van der Waals surface area contributed by atoms with Crippen molar-refractivity contribution in [3.05, 3.63) is 89.5 Å². The summed E-state index contributed by atoms with van der Waals surface area (Å²) in [4.78, 5) is 27.4. The van der Waals surface area contributed by atoms with Gasteiger partial charge in [-0.25, -0.2) is 0 Å². The van der Waals surface area contributed by atoms with E-state index in [-0.39, 0.29) is 18.0 Å². The zero-order valence-corrected chi connectivity index (χ0v) is 47.0. The summed E-state index contributed by atoms with van der Waals surface area (Å²) in [7, 11) is -8.14. The van der Waals surface area contributed by atoms with Gasteiger partial charge < -0.3 is 54.0 Å². The molecule has 0 aliphatic rings. The van der Waals surface area contributed by atoms with Gasteiger partial charge >= 0.3 is 44.4 Å². The number of nitrogens with zero attached hydrogens (tertiary/aromatic N) is 6. The Morgan fingerprint density at radius 3 is 0.736 bits per heavy atom. The van der Waals surface area contributed by atoms with Crippen LogP contribution in [0.25, 0.3) is 0 Å². The molecule has 0 radical (unpaired) electrons. The minimum Gasteiger partial charge on any atom is -0.424 e. The summed E-state index contributed by atoms with van der Waals surface area (Å²) in [5, 5.41) is 0. The van der Waals surface area contributed by atoms with Crippen molar-refractivity contribution >= 4 is 45.1 Å². The van der Waals surface area contributed by atoms with E-state index in [1.165, 1.54) is 0 Å². The van der Waals surface area contributed by atoms with Gasteiger partial charge in [0, 0.05) is 116 Å². The lowest BCUT2D eigenvalue weighted by molar-refractivity contribution is 0.0702. The summed E-state index contributed by atoms with van der Waals surface area (Å²) in [5.41, 5.74) is 2.70. The molecule has 1 heterocycles. The molecular formula is C51H78N6O12Si3. The Bertz CT molecular complexity index is 1870. The molecule has 4 aromatic rings. The van der Waals surface area contributed by atoms with Crippen LogP contribution in [0.2, 0.25) is 18.1 Å². The first-order valence-corrected chi connectivity index (χ1v) is 31.3. The van der Waals surface area contributed by atoms with Gasteiger partial charge in [0.2, 0.25) is 0 Å². The second-order valence-electron chi connectivity index (χ2n) is 15.6. The fourth-order valence-corrected chi connectivity index (χ4v) is 15.1. The van der Waals surface area contributed by atoms with E-state index in [2.05, 4.69) is 29.9 Å². The molecule has 0 unspecified atom stereocenters. The number of hydrogen-bond donors (Lipinski definition) is 0. The molecule has 0 aliphatic carbocycles. The van der Waals surface area contributed by atoms with Gasteiger partial charge in [0.25, 0.3) is 0 Å². The molecule has 0 saturated heterocycles. The van der Waals surface area contributed by atoms with E-state index in [4.69, 9.17) is 54.0 Å². The third-order valence-corrected chi connectivity index (χ3v) is 19.6. The van der Waals surface area contributed by atoms with E-state index >= 15 is 0 Å². The second-order valence-corrected chi connectivity index (χ2v) is 23.8. The van der Waals surface area contributed by atoms with Crippen molar-refractivity contribution in [2.24, 2.45) is 15.0 Å². The molecule has 3 aromatic carbocycles. The normalized spacial score (nSPS) is 12.5. The average molecular weight is 1050 g/mol. The van der Waals surface area contributed by atoms with Gasteiger partial charge in [-0.15, -0.1) is 15.0 Å². The minimum atomic E-state index is -2.71. The first-order chi connectivity index (χ1) is 35.1. The molecular weight excluding hydrogens is 973 g/mol. The highest BCUT2D eigenvalue weighted by atomic mass is 28.4. The molecule has 0 aliphatic heterocycles. The maximum Gasteiger partial charge on any atom is 0.500 e. The molecule has 1 aromatic heterocycles. The number of rotatable bonds is 39. The largest absolute Gasteiger partial charge is 0.500 e. The summed E-state index contributed by atoms with van der Waals surface area (Å²) >= 11 is 0. The van der Waals surface area contributed by atoms with E-state index in [0.29, 0.717) is 114 Å². The summed E-state index contributed by atoms with van der Waals surface area (Å²) in [6.45, 7) is 24.3. The Hall–Kier alpha value is -4.63. The van der Waals surface area contributed by atoms with Crippen LogP contribution in [0, 0.1) is 0 Å². The average Bonchev–Trinajstić information content (AvgIpc) is 3.36. The Morgan fingerprint density at radius 1 is 0.333 bits per heavy atom. The first kappa shape index (κ1) is 59.9. The minimum absolute atomic E-state index is 0.0235. The lowest BCUT2D eigenvalue weighted by Crippen LogP contribution is -2.46. The fraction of sp³-hybridized carbons (Fsp3) is 0.529. The van der Waals surface area contributed by atoms with Crippen LogP contribution in [0.5, 0.6) is 35.3 Å². The van der Waals surface area contributed by atoms with Crippen molar-refractivity contribution < 1.29 is 54.0 Å². The lowest BCUT2D eigenvalue weighted by Gasteiger charge is -2.28. The van der Waals surface area contributed by atoms with E-state index in [9.17, 15) is 0 Å². The molecule has 18 nitrogen and oxygen atoms in total. The van der Waals surface area contributed by atoms with Crippen molar-refractivity contribution in [2.75, 3.05) is 79.1 Å². The molecule has 0 bridgehead atoms. The SMILES string of the molecule is CCO[Si](CCCN=Cc1ccc(Oc2nc(Oc3ccc(C=NCCC[Si](OCC)(OCC)OCC)cc3)nc(Oc3ccc(C=NCCC[Si](OCC)(OCC)OCC)cc3)n2)cc1)(OCC)OCC. The van der Waals surface area contributed by atoms with Crippen LogP contribution >= 0.6 is 0 Å². The molecule has 21 heteroatoms. The Balaban J connectivity index is 1.45. The van der Waals surface area contributed by atoms with E-state index in [1.807, 2.05) is 154 Å². The monoisotopic (exact) mass is 1050 g/mol. The van der Waals surface area contributed by atoms with Crippen molar-refractivity contribution in [2.45, 2.75) is 99.7 Å². The van der Waals surface area contributed by atoms with Crippen LogP contribution in [0.1, 0.15) is 98.3 Å². The molecule has 0 atom stereocenters. The summed E-state index contributed by atoms with van der Waals surface area (Å²) in [6, 6.07) is 24.3. The quantitative estimate of drug-likeness (QED) is 0.0233. The van der Waals surface area contributed by atoms with Crippen LogP contribution < -0.4 is 14.2 Å². The van der Waals surface area contributed by atoms with Gasteiger partial charge in [0.1, 0.15) is 17.2 Å². The number of hydrogen-bond acceptors (Lipinski definition) is 18. The van der Waals surface area contributed by atoms with Gasteiger partial charge in [0.05, 0.1) is 0 Å². The smallest absolute Gasteiger partial charge is 0.424 e. The summed E-state index contributed by atoms with van der Waals surface area (Å²) in [5.74, 6) is 1.48. The highest BCUT2D eigenvalue weighted by Gasteiger charge is 2.41. The topological polar surface area (TPSA) is 187 Å². The molecule has 0 fully saturated rings. The van der Waals surface area contributed by atoms with Gasteiger partial charge in [-0.1, -0.05) is 0 Å². The van der Waals surface area contributed by atoms with Crippen LogP contribution in [0.15, 0.2) is 87.8 Å². The molecule has 0 spiro atoms. The molecule has 72 heavy (non-hydrogen) atoms. The molecule has 0 amide bonds. The molecule has 4 rings (SSSR count). The van der Waals surface area contributed by atoms with Crippen LogP contribution in [0.4, 0.5) is 0 Å². The summed E-state index contributed by atoms with van der Waals surface area (Å²) < 4.78 is 72.2. The second kappa shape index (κ2) is 34.0. The number of ether oxygens (including phenoxy) is 3. The Morgan fingerprint density at radius 2 is 0.542 bits per heavy atom. The van der Waals surface area contributed by atoms with E-state index in [0.717, 1.165) is 36.0 Å². The number of aromatic nitrogens is 3. The summed E-state index contributed by atoms with van der Waals surface area (Å²) in [6.07, 6.45) is 7.81. The van der Waals surface area contributed by atoms with Crippen molar-refractivity contribution in [3.8, 4) is 35.3 Å². The predicted octanol–water partition coefficient (Wildman–Crippen LogP) is 10.8. The van der Waals surface area contributed by atoms with E-state index < -0.39 is 26.4 Å². The highest BCUT2D eigenvalue weighted by Crippen LogP contribution is 2.28. The van der Waals surface area contributed by atoms with Crippen molar-refractivity contribution in [1.82, 2.24) is 15.0 Å². The van der Waals surface area contributed by atoms with Gasteiger partial charge in [-0.2, -0.15) is 0 Å². The number of benzene rings is 3. The third-order valence-electron chi connectivity index (χ3n) is 10.2. The first-order valence-electron chi connectivity index (χ1n) is 25.5. The fourth-order valence-electron chi connectivity index (χ4n) is 7.31. The predicted molar refractivity (Wildman–Crippen MR) is 287 cm³/mol. The standard InChI is InChI=1S/C51H78N6O12Si3/c1-10-58-70(59-11-2,60-12-3)37-19-34-52-40-43-22-28-46(29-23-43)67-49-55-50(68-47-30-24-44(25-31-47)41-53-35-20-38-71(61-13-4,62-14-5)63-15-6)57-51(56-49)69-48-32-26-45(27-33-48)42-54-36-21-39-72(64-16-7,65-17-8)66-18-9/h22-33,40-42H,10-21,34-39H2,1-9H3. The van der Waals surface area contributed by atoms with Crippen LogP contribution in [-0.4, -0.2) is 139 Å². The zero-order chi connectivity index (χ0) is 51.8. The molecule has 0 saturated carbocycles. The zero-order valence-electron chi connectivity index (χ0n) is 44.0. The Kier molecular flexibility index (Phi) is 28.3. The van der Waals surface area contributed by atoms with E-state index in [1.54, 1.807) is 0 Å². The Labute approximate surface area is 431 Å². The van der Waals surface area contributed by atoms with Crippen LogP contribution in [-0.2, 0) is 39.8 Å². The maximum atomic E-state index is 6.15.